The SMILES string of the molecule is Cn1cnc(-c2cnc(O[C@@H]3CCN(C(=O)Cc4ccc(OC5CC5)cn4)C[C@@H]3F)c(C(N)=O)c2)c1. The highest BCUT2D eigenvalue weighted by Gasteiger charge is 2.34. The van der Waals surface area contributed by atoms with Gasteiger partial charge in [-0.05, 0) is 31.0 Å². The van der Waals surface area contributed by atoms with Crippen LogP contribution in [-0.2, 0) is 18.3 Å². The number of nitrogens with two attached hydrogens (primary N) is 1. The van der Waals surface area contributed by atoms with Gasteiger partial charge in [0.2, 0.25) is 11.8 Å². The molecule has 2 fully saturated rings. The molecule has 1 aliphatic heterocycles. The molecule has 11 heteroatoms. The number of primary amides is 1. The van der Waals surface area contributed by atoms with Crippen LogP contribution in [-0.4, -0.2) is 67.7 Å². The topological polar surface area (TPSA) is 125 Å². The van der Waals surface area contributed by atoms with Gasteiger partial charge in [0, 0.05) is 43.7 Å². The van der Waals surface area contributed by atoms with E-state index in [-0.39, 0.29) is 42.8 Å². The number of aryl methyl sites for hydroxylation is 1. The van der Waals surface area contributed by atoms with Crippen LogP contribution in [0.3, 0.4) is 0 Å². The summed E-state index contributed by atoms with van der Waals surface area (Å²) in [4.78, 5) is 39.0. The Labute approximate surface area is 207 Å². The fraction of sp³-hybridized carbons (Fsp3) is 0.400. The summed E-state index contributed by atoms with van der Waals surface area (Å²) in [6.45, 7) is 0.190. The standard InChI is InChI=1S/C25H27FN6O4/c1-31-13-21(30-14-31)15-8-19(24(27)34)25(29-10-15)36-22-6-7-32(12-20(22)26)23(33)9-16-2-3-18(11-28-16)35-17-4-5-17/h2-3,8,10-11,13-14,17,20,22H,4-7,9,12H2,1H3,(H2,27,34)/t20-,22+/m0/s1. The van der Waals surface area contributed by atoms with Crippen LogP contribution in [0.5, 0.6) is 11.6 Å². The third-order valence-corrected chi connectivity index (χ3v) is 6.17. The molecular formula is C25H27FN6O4. The number of likely N-dealkylation sites (tertiary alicyclic amines) is 1. The Kier molecular flexibility index (Phi) is 6.53. The van der Waals surface area contributed by atoms with Crippen LogP contribution in [0, 0.1) is 0 Å². The first-order valence-corrected chi connectivity index (χ1v) is 11.8. The van der Waals surface area contributed by atoms with Crippen LogP contribution in [0.4, 0.5) is 4.39 Å². The lowest BCUT2D eigenvalue weighted by Crippen LogP contribution is -2.49. The lowest BCUT2D eigenvalue weighted by atomic mass is 10.0. The Morgan fingerprint density at radius 1 is 1.14 bits per heavy atom. The number of imidazole rings is 1. The van der Waals surface area contributed by atoms with E-state index in [1.54, 1.807) is 35.4 Å². The van der Waals surface area contributed by atoms with Gasteiger partial charge in [0.05, 0.1) is 37.3 Å². The lowest BCUT2D eigenvalue weighted by Gasteiger charge is -2.34. The molecule has 1 saturated heterocycles. The third-order valence-electron chi connectivity index (χ3n) is 6.17. The normalized spacial score (nSPS) is 19.7. The van der Waals surface area contributed by atoms with Crippen molar-refractivity contribution in [1.29, 1.82) is 0 Å². The maximum Gasteiger partial charge on any atom is 0.254 e. The van der Waals surface area contributed by atoms with Gasteiger partial charge in [-0.15, -0.1) is 0 Å². The first-order valence-electron chi connectivity index (χ1n) is 11.8. The fourth-order valence-corrected chi connectivity index (χ4v) is 4.04. The van der Waals surface area contributed by atoms with Gasteiger partial charge >= 0.3 is 0 Å². The zero-order valence-electron chi connectivity index (χ0n) is 19.8. The summed E-state index contributed by atoms with van der Waals surface area (Å²) in [5.74, 6) is -0.297. The molecule has 0 radical (unpaired) electrons. The summed E-state index contributed by atoms with van der Waals surface area (Å²) in [6.07, 6.45) is 6.91. The molecule has 0 spiro atoms. The molecule has 1 aliphatic carbocycles. The van der Waals surface area contributed by atoms with Gasteiger partial charge < -0.3 is 24.7 Å². The van der Waals surface area contributed by atoms with Crippen molar-refractivity contribution in [1.82, 2.24) is 24.4 Å². The maximum absolute atomic E-state index is 15.0. The van der Waals surface area contributed by atoms with Gasteiger partial charge in [-0.3, -0.25) is 14.6 Å². The van der Waals surface area contributed by atoms with Crippen molar-refractivity contribution in [3.8, 4) is 22.9 Å². The number of halogens is 1. The average molecular weight is 495 g/mol. The Hall–Kier alpha value is -4.02. The number of carbonyl (C=O) groups is 2. The van der Waals surface area contributed by atoms with Gasteiger partial charge in [-0.25, -0.2) is 14.4 Å². The Bertz CT molecular complexity index is 1260. The highest BCUT2D eigenvalue weighted by atomic mass is 19.1. The number of nitrogens with zero attached hydrogens (tertiary/aromatic N) is 5. The van der Waals surface area contributed by atoms with Crippen LogP contribution in [0.15, 0.2) is 43.1 Å². The molecular weight excluding hydrogens is 467 g/mol. The van der Waals surface area contributed by atoms with Gasteiger partial charge in [-0.2, -0.15) is 0 Å². The minimum absolute atomic E-state index is 0.0349. The predicted molar refractivity (Wildman–Crippen MR) is 127 cm³/mol. The Morgan fingerprint density at radius 3 is 2.61 bits per heavy atom. The smallest absolute Gasteiger partial charge is 0.254 e. The molecule has 2 aliphatic rings. The van der Waals surface area contributed by atoms with E-state index < -0.39 is 18.2 Å². The summed E-state index contributed by atoms with van der Waals surface area (Å²) in [6, 6.07) is 5.09. The molecule has 0 unspecified atom stereocenters. The zero-order valence-corrected chi connectivity index (χ0v) is 19.8. The van der Waals surface area contributed by atoms with Crippen molar-refractivity contribution in [3.63, 3.8) is 0 Å². The van der Waals surface area contributed by atoms with E-state index in [1.807, 2.05) is 7.05 Å². The summed E-state index contributed by atoms with van der Waals surface area (Å²) in [5, 5.41) is 0. The average Bonchev–Trinajstić information content (AvgIpc) is 3.58. The van der Waals surface area contributed by atoms with Crippen LogP contribution in [0.2, 0.25) is 0 Å². The summed E-state index contributed by atoms with van der Waals surface area (Å²) in [7, 11) is 1.83. The third kappa shape index (κ3) is 5.45. The van der Waals surface area contributed by atoms with E-state index >= 15 is 4.39 Å². The maximum atomic E-state index is 15.0. The van der Waals surface area contributed by atoms with Crippen molar-refractivity contribution in [3.05, 3.63) is 54.4 Å². The van der Waals surface area contributed by atoms with Crippen LogP contribution in [0.25, 0.3) is 11.3 Å². The molecule has 0 bridgehead atoms. The van der Waals surface area contributed by atoms with E-state index in [2.05, 4.69) is 15.0 Å². The highest BCUT2D eigenvalue weighted by Crippen LogP contribution is 2.28. The largest absolute Gasteiger partial charge is 0.489 e. The number of alkyl halides is 1. The second-order valence-electron chi connectivity index (χ2n) is 9.15. The molecule has 2 N–H and O–H groups in total. The number of carbonyl (C=O) groups excluding carboxylic acids is 2. The minimum Gasteiger partial charge on any atom is -0.489 e. The molecule has 5 rings (SSSR count). The van der Waals surface area contributed by atoms with E-state index in [1.165, 1.54) is 17.2 Å². The lowest BCUT2D eigenvalue weighted by molar-refractivity contribution is -0.134. The monoisotopic (exact) mass is 494 g/mol. The van der Waals surface area contributed by atoms with Crippen molar-refractivity contribution in [2.24, 2.45) is 12.8 Å². The van der Waals surface area contributed by atoms with Gasteiger partial charge in [0.1, 0.15) is 17.4 Å². The van der Waals surface area contributed by atoms with Gasteiger partial charge in [0.25, 0.3) is 5.91 Å². The van der Waals surface area contributed by atoms with Crippen LogP contribution >= 0.6 is 0 Å². The number of amides is 2. The molecule has 3 aromatic rings. The molecule has 2 atom stereocenters. The zero-order chi connectivity index (χ0) is 25.2. The van der Waals surface area contributed by atoms with E-state index in [0.29, 0.717) is 29.2 Å². The quantitative estimate of drug-likeness (QED) is 0.508. The second kappa shape index (κ2) is 9.92. The number of hydrogen-bond acceptors (Lipinski definition) is 7. The van der Waals surface area contributed by atoms with Crippen molar-refractivity contribution in [2.75, 3.05) is 13.1 Å². The van der Waals surface area contributed by atoms with E-state index in [4.69, 9.17) is 15.2 Å². The number of hydrogen-bond donors (Lipinski definition) is 1. The molecule has 1 saturated carbocycles. The predicted octanol–water partition coefficient (Wildman–Crippen LogP) is 2.08. The van der Waals surface area contributed by atoms with Crippen molar-refractivity contribution in [2.45, 2.75) is 44.1 Å². The van der Waals surface area contributed by atoms with Gasteiger partial charge in [-0.1, -0.05) is 0 Å². The highest BCUT2D eigenvalue weighted by molar-refractivity contribution is 5.96. The van der Waals surface area contributed by atoms with E-state index in [9.17, 15) is 9.59 Å². The minimum atomic E-state index is -1.46. The molecule has 4 heterocycles. The molecule has 0 aromatic carbocycles. The number of aromatic nitrogens is 4. The molecule has 188 valence electrons. The molecule has 36 heavy (non-hydrogen) atoms. The summed E-state index contributed by atoms with van der Waals surface area (Å²) >= 11 is 0. The van der Waals surface area contributed by atoms with Crippen LogP contribution in [0.1, 0.15) is 35.3 Å². The Balaban J connectivity index is 1.19. The fourth-order valence-electron chi connectivity index (χ4n) is 4.04. The number of ether oxygens (including phenoxy) is 2. The van der Waals surface area contributed by atoms with Crippen molar-refractivity contribution >= 4 is 11.8 Å². The first-order chi connectivity index (χ1) is 17.4. The van der Waals surface area contributed by atoms with Crippen molar-refractivity contribution < 1.29 is 23.5 Å². The number of pyridine rings is 2. The molecule has 3 aromatic heterocycles. The number of piperidine rings is 1. The van der Waals surface area contributed by atoms with E-state index in [0.717, 1.165) is 12.8 Å². The number of rotatable bonds is 8. The van der Waals surface area contributed by atoms with Gasteiger partial charge in [0.15, 0.2) is 6.17 Å². The van der Waals surface area contributed by atoms with Crippen LogP contribution < -0.4 is 15.2 Å². The summed E-state index contributed by atoms with van der Waals surface area (Å²) in [5.41, 5.74) is 7.39. The first kappa shape index (κ1) is 23.7. The molecule has 10 nitrogen and oxygen atoms in total. The Morgan fingerprint density at radius 2 is 1.97 bits per heavy atom. The second-order valence-corrected chi connectivity index (χ2v) is 9.15. The molecule has 2 amide bonds. The summed E-state index contributed by atoms with van der Waals surface area (Å²) < 4.78 is 28.2.